The monoisotopic (exact) mass is 421 g/mol. The van der Waals surface area contributed by atoms with Crippen LogP contribution in [0.15, 0.2) is 65.6 Å². The zero-order valence-corrected chi connectivity index (χ0v) is 16.6. The third-order valence-electron chi connectivity index (χ3n) is 5.02. The first-order valence-corrected chi connectivity index (χ1v) is 10.4. The van der Waals surface area contributed by atoms with E-state index in [1.807, 2.05) is 0 Å². The smallest absolute Gasteiger partial charge is 0.317 e. The van der Waals surface area contributed by atoms with Gasteiger partial charge in [0.25, 0.3) is 0 Å². The van der Waals surface area contributed by atoms with Crippen molar-refractivity contribution in [2.45, 2.75) is 55.3 Å². The molecule has 0 bridgehead atoms. The number of alkyl halides is 3. The molecule has 0 heterocycles. The minimum absolute atomic E-state index is 0.393. The molecule has 1 amide bonds. The van der Waals surface area contributed by atoms with Crippen LogP contribution in [0, 0.1) is 0 Å². The van der Waals surface area contributed by atoms with Crippen LogP contribution in [0.1, 0.15) is 43.7 Å². The number of carbonyl (C=O) groups excluding carboxylic acids is 2. The SMILES string of the molecule is O=C(Sc1ccccc1)C(c1ccccc1)N(C(=O)C(F)(F)F)C1CCCCC1. The van der Waals surface area contributed by atoms with Gasteiger partial charge in [0.05, 0.1) is 0 Å². The second-order valence-electron chi connectivity index (χ2n) is 7.05. The summed E-state index contributed by atoms with van der Waals surface area (Å²) in [5, 5.41) is -0.495. The number of hydrogen-bond acceptors (Lipinski definition) is 3. The second kappa shape index (κ2) is 9.48. The van der Waals surface area contributed by atoms with E-state index in [4.69, 9.17) is 0 Å². The highest BCUT2D eigenvalue weighted by Crippen LogP contribution is 2.38. The summed E-state index contributed by atoms with van der Waals surface area (Å²) in [6.07, 6.45) is -1.69. The predicted molar refractivity (Wildman–Crippen MR) is 106 cm³/mol. The molecule has 2 aromatic rings. The Morgan fingerprint density at radius 2 is 1.45 bits per heavy atom. The maximum absolute atomic E-state index is 13.5. The molecule has 1 fully saturated rings. The molecule has 0 saturated heterocycles. The van der Waals surface area contributed by atoms with E-state index in [-0.39, 0.29) is 0 Å². The zero-order valence-electron chi connectivity index (χ0n) is 15.8. The number of halogens is 3. The minimum atomic E-state index is -5.04. The Hall–Kier alpha value is -2.28. The molecule has 2 aromatic carbocycles. The summed E-state index contributed by atoms with van der Waals surface area (Å²) in [7, 11) is 0. The second-order valence-corrected chi connectivity index (χ2v) is 8.13. The molecule has 1 atom stereocenters. The van der Waals surface area contributed by atoms with Crippen molar-refractivity contribution >= 4 is 22.8 Å². The Morgan fingerprint density at radius 3 is 2.00 bits per heavy atom. The molecule has 0 aromatic heterocycles. The van der Waals surface area contributed by atoms with Gasteiger partial charge in [0.1, 0.15) is 6.04 Å². The summed E-state index contributed by atoms with van der Waals surface area (Å²) in [5.74, 6) is -1.94. The highest BCUT2D eigenvalue weighted by Gasteiger charge is 2.49. The van der Waals surface area contributed by atoms with E-state index in [1.165, 1.54) is 0 Å². The molecule has 7 heteroatoms. The number of rotatable bonds is 5. The molecule has 29 heavy (non-hydrogen) atoms. The Labute approximate surface area is 172 Å². The molecule has 0 aliphatic heterocycles. The molecule has 1 saturated carbocycles. The van der Waals surface area contributed by atoms with Crippen LogP contribution in [0.2, 0.25) is 0 Å². The standard InChI is InChI=1S/C22H22F3NO2S/c23-22(24,25)21(28)26(17-12-6-2-7-13-17)19(16-10-4-1-5-11-16)20(27)29-18-14-8-3-9-15-18/h1,3-5,8-11,14-15,17,19H,2,6-7,12-13H2. The number of benzene rings is 2. The van der Waals surface area contributed by atoms with Gasteiger partial charge in [-0.1, -0.05) is 67.8 Å². The maximum atomic E-state index is 13.5. The fraction of sp³-hybridized carbons (Fsp3) is 0.364. The average molecular weight is 421 g/mol. The van der Waals surface area contributed by atoms with Crippen LogP contribution in [0.3, 0.4) is 0 Å². The van der Waals surface area contributed by atoms with Crippen molar-refractivity contribution in [2.24, 2.45) is 0 Å². The van der Waals surface area contributed by atoms with Crippen molar-refractivity contribution in [1.29, 1.82) is 0 Å². The van der Waals surface area contributed by atoms with Gasteiger partial charge in [-0.15, -0.1) is 0 Å². The van der Waals surface area contributed by atoms with Crippen LogP contribution < -0.4 is 0 Å². The molecule has 1 unspecified atom stereocenters. The van der Waals surface area contributed by atoms with Crippen molar-refractivity contribution in [3.8, 4) is 0 Å². The van der Waals surface area contributed by atoms with E-state index < -0.39 is 29.3 Å². The zero-order chi connectivity index (χ0) is 20.9. The minimum Gasteiger partial charge on any atom is -0.317 e. The maximum Gasteiger partial charge on any atom is 0.471 e. The van der Waals surface area contributed by atoms with E-state index in [0.29, 0.717) is 23.3 Å². The molecule has 0 spiro atoms. The first kappa shape index (κ1) is 21.4. The van der Waals surface area contributed by atoms with Gasteiger partial charge >= 0.3 is 12.1 Å². The molecule has 3 nitrogen and oxygen atoms in total. The lowest BCUT2D eigenvalue weighted by molar-refractivity contribution is -0.191. The number of thioether (sulfide) groups is 1. The third-order valence-corrected chi connectivity index (χ3v) is 5.96. The van der Waals surface area contributed by atoms with E-state index in [1.54, 1.807) is 60.7 Å². The van der Waals surface area contributed by atoms with Crippen LogP contribution in [-0.4, -0.2) is 28.1 Å². The lowest BCUT2D eigenvalue weighted by Gasteiger charge is -2.39. The Bertz CT molecular complexity index is 821. The van der Waals surface area contributed by atoms with E-state index in [0.717, 1.165) is 35.9 Å². The molecule has 0 N–H and O–H groups in total. The Morgan fingerprint density at radius 1 is 0.897 bits per heavy atom. The molecule has 1 aliphatic carbocycles. The predicted octanol–water partition coefficient (Wildman–Crippen LogP) is 5.77. The van der Waals surface area contributed by atoms with Gasteiger partial charge in [-0.05, 0) is 42.3 Å². The van der Waals surface area contributed by atoms with Crippen LogP contribution in [0.25, 0.3) is 0 Å². The third kappa shape index (κ3) is 5.41. The Kier molecular flexibility index (Phi) is 7.00. The lowest BCUT2D eigenvalue weighted by atomic mass is 9.92. The molecule has 154 valence electrons. The van der Waals surface area contributed by atoms with E-state index >= 15 is 0 Å². The lowest BCUT2D eigenvalue weighted by Crippen LogP contribution is -2.51. The van der Waals surface area contributed by atoms with Crippen molar-refractivity contribution in [2.75, 3.05) is 0 Å². The van der Waals surface area contributed by atoms with Crippen LogP contribution in [0.5, 0.6) is 0 Å². The van der Waals surface area contributed by atoms with Crippen LogP contribution >= 0.6 is 11.8 Å². The van der Waals surface area contributed by atoms with Gasteiger partial charge in [0.15, 0.2) is 0 Å². The van der Waals surface area contributed by atoms with E-state index in [2.05, 4.69) is 0 Å². The fourth-order valence-electron chi connectivity index (χ4n) is 3.71. The van der Waals surface area contributed by atoms with Gasteiger partial charge in [-0.3, -0.25) is 9.59 Å². The Balaban J connectivity index is 2.02. The van der Waals surface area contributed by atoms with Gasteiger partial charge in [-0.2, -0.15) is 13.2 Å². The highest BCUT2D eigenvalue weighted by molar-refractivity contribution is 8.13. The fourth-order valence-corrected chi connectivity index (χ4v) is 4.59. The highest BCUT2D eigenvalue weighted by atomic mass is 32.2. The van der Waals surface area contributed by atoms with Crippen molar-refractivity contribution in [3.05, 3.63) is 66.2 Å². The number of amides is 1. The van der Waals surface area contributed by atoms with Crippen molar-refractivity contribution in [3.63, 3.8) is 0 Å². The quantitative estimate of drug-likeness (QED) is 0.575. The number of nitrogens with zero attached hydrogens (tertiary/aromatic N) is 1. The first-order valence-electron chi connectivity index (χ1n) is 9.59. The summed E-state index contributed by atoms with van der Waals surface area (Å²) in [4.78, 5) is 27.1. The number of carbonyl (C=O) groups is 2. The van der Waals surface area contributed by atoms with Crippen molar-refractivity contribution < 1.29 is 22.8 Å². The average Bonchev–Trinajstić information content (AvgIpc) is 2.72. The van der Waals surface area contributed by atoms with Gasteiger partial charge in [-0.25, -0.2) is 0 Å². The first-order chi connectivity index (χ1) is 13.9. The normalized spacial score (nSPS) is 16.2. The topological polar surface area (TPSA) is 37.4 Å². The summed E-state index contributed by atoms with van der Waals surface area (Å²) in [6.45, 7) is 0. The molecule has 0 radical (unpaired) electrons. The van der Waals surface area contributed by atoms with Gasteiger partial charge in [0, 0.05) is 10.9 Å². The summed E-state index contributed by atoms with van der Waals surface area (Å²) in [6, 6.07) is 15.1. The van der Waals surface area contributed by atoms with Crippen LogP contribution in [0.4, 0.5) is 13.2 Å². The van der Waals surface area contributed by atoms with Gasteiger partial charge in [0.2, 0.25) is 5.12 Å². The summed E-state index contributed by atoms with van der Waals surface area (Å²) in [5.41, 5.74) is 0.393. The van der Waals surface area contributed by atoms with Gasteiger partial charge < -0.3 is 4.90 Å². The molecule has 1 aliphatic rings. The largest absolute Gasteiger partial charge is 0.471 e. The summed E-state index contributed by atoms with van der Waals surface area (Å²) >= 11 is 0.867. The summed E-state index contributed by atoms with van der Waals surface area (Å²) < 4.78 is 40.5. The van der Waals surface area contributed by atoms with E-state index in [9.17, 15) is 22.8 Å². The number of hydrogen-bond donors (Lipinski definition) is 0. The molecule has 3 rings (SSSR count). The molecular formula is C22H22F3NO2S. The van der Waals surface area contributed by atoms with Crippen LogP contribution in [-0.2, 0) is 9.59 Å². The van der Waals surface area contributed by atoms with Crippen molar-refractivity contribution in [1.82, 2.24) is 4.90 Å². The molecular weight excluding hydrogens is 399 g/mol.